The van der Waals surface area contributed by atoms with E-state index in [9.17, 15) is 4.79 Å². The van der Waals surface area contributed by atoms with Crippen LogP contribution in [0.25, 0.3) is 0 Å². The van der Waals surface area contributed by atoms with Crippen LogP contribution < -0.4 is 10.6 Å². The molecule has 0 spiro atoms. The highest BCUT2D eigenvalue weighted by atomic mass is 35.5. The first kappa shape index (κ1) is 24.2. The van der Waals surface area contributed by atoms with E-state index in [1.165, 1.54) is 44.3 Å². The van der Waals surface area contributed by atoms with Crippen molar-refractivity contribution in [1.82, 2.24) is 15.5 Å². The van der Waals surface area contributed by atoms with Gasteiger partial charge in [-0.15, -0.1) is 24.8 Å². The molecule has 1 aromatic carbocycles. The average Bonchev–Trinajstić information content (AvgIpc) is 2.89. The SMILES string of the molecule is C[C@H]1OCCN[C@@H]1C(=O)NCc1cccc(CN2CCCCCC2)c1.Cl.Cl. The van der Waals surface area contributed by atoms with Crippen molar-refractivity contribution >= 4 is 30.7 Å². The van der Waals surface area contributed by atoms with Gasteiger partial charge in [0.15, 0.2) is 0 Å². The van der Waals surface area contributed by atoms with Gasteiger partial charge in [0.25, 0.3) is 0 Å². The highest BCUT2D eigenvalue weighted by Crippen LogP contribution is 2.14. The zero-order chi connectivity index (χ0) is 17.5. The molecule has 2 saturated heterocycles. The number of carbonyl (C=O) groups excluding carboxylic acids is 1. The van der Waals surface area contributed by atoms with Crippen LogP contribution in [0.4, 0.5) is 0 Å². The Morgan fingerprint density at radius 2 is 1.89 bits per heavy atom. The van der Waals surface area contributed by atoms with Crippen molar-refractivity contribution in [3.05, 3.63) is 35.4 Å². The molecular formula is C20H33Cl2N3O2. The van der Waals surface area contributed by atoms with Crippen LogP contribution in [0, 0.1) is 0 Å². The van der Waals surface area contributed by atoms with E-state index in [4.69, 9.17) is 4.74 Å². The molecule has 2 fully saturated rings. The Morgan fingerprint density at radius 1 is 1.19 bits per heavy atom. The number of hydrogen-bond donors (Lipinski definition) is 2. The van der Waals surface area contributed by atoms with Crippen LogP contribution in [-0.4, -0.2) is 49.2 Å². The minimum absolute atomic E-state index is 0. The Morgan fingerprint density at radius 3 is 2.59 bits per heavy atom. The summed E-state index contributed by atoms with van der Waals surface area (Å²) in [6, 6.07) is 8.34. The lowest BCUT2D eigenvalue weighted by Crippen LogP contribution is -2.55. The predicted octanol–water partition coefficient (Wildman–Crippen LogP) is 2.90. The molecular weight excluding hydrogens is 385 g/mol. The Bertz CT molecular complexity index is 566. The van der Waals surface area contributed by atoms with E-state index in [1.807, 2.05) is 6.92 Å². The summed E-state index contributed by atoms with van der Waals surface area (Å²) in [5.41, 5.74) is 2.49. The number of nitrogens with zero attached hydrogens (tertiary/aromatic N) is 1. The van der Waals surface area contributed by atoms with E-state index in [0.717, 1.165) is 18.7 Å². The molecule has 2 aliphatic heterocycles. The smallest absolute Gasteiger partial charge is 0.240 e. The number of nitrogens with one attached hydrogen (secondary N) is 2. The molecule has 0 aromatic heterocycles. The number of likely N-dealkylation sites (tertiary alicyclic amines) is 1. The third-order valence-corrected chi connectivity index (χ3v) is 5.16. The predicted molar refractivity (Wildman–Crippen MR) is 114 cm³/mol. The lowest BCUT2D eigenvalue weighted by molar-refractivity contribution is -0.129. The second-order valence-corrected chi connectivity index (χ2v) is 7.24. The van der Waals surface area contributed by atoms with Gasteiger partial charge in [0, 0.05) is 19.6 Å². The number of benzene rings is 1. The minimum Gasteiger partial charge on any atom is -0.375 e. The Kier molecular flexibility index (Phi) is 11.3. The van der Waals surface area contributed by atoms with Crippen LogP contribution in [0.2, 0.25) is 0 Å². The maximum Gasteiger partial charge on any atom is 0.240 e. The number of amides is 1. The number of ether oxygens (including phenoxy) is 1. The quantitative estimate of drug-likeness (QED) is 0.772. The molecule has 7 heteroatoms. The maximum absolute atomic E-state index is 12.4. The number of hydrogen-bond acceptors (Lipinski definition) is 4. The first-order valence-electron chi connectivity index (χ1n) is 9.65. The molecule has 2 atom stereocenters. The van der Waals surface area contributed by atoms with E-state index in [0.29, 0.717) is 13.2 Å². The molecule has 0 aliphatic carbocycles. The molecule has 0 radical (unpaired) electrons. The molecule has 154 valence electrons. The highest BCUT2D eigenvalue weighted by molar-refractivity contribution is 5.85. The van der Waals surface area contributed by atoms with Gasteiger partial charge in [-0.05, 0) is 44.0 Å². The fraction of sp³-hybridized carbons (Fsp3) is 0.650. The molecule has 0 saturated carbocycles. The molecule has 2 heterocycles. The van der Waals surface area contributed by atoms with Crippen LogP contribution >= 0.6 is 24.8 Å². The van der Waals surface area contributed by atoms with Gasteiger partial charge < -0.3 is 15.4 Å². The Balaban J connectivity index is 0.00000182. The molecule has 1 aromatic rings. The number of carbonyl (C=O) groups is 1. The summed E-state index contributed by atoms with van der Waals surface area (Å²) in [5.74, 6) is 0.0186. The summed E-state index contributed by atoms with van der Waals surface area (Å²) >= 11 is 0. The van der Waals surface area contributed by atoms with Gasteiger partial charge >= 0.3 is 0 Å². The van der Waals surface area contributed by atoms with Gasteiger partial charge in [0.1, 0.15) is 6.04 Å². The Labute approximate surface area is 175 Å². The van der Waals surface area contributed by atoms with Crippen LogP contribution in [0.5, 0.6) is 0 Å². The largest absolute Gasteiger partial charge is 0.375 e. The van der Waals surface area contributed by atoms with E-state index >= 15 is 0 Å². The number of halogens is 2. The summed E-state index contributed by atoms with van der Waals surface area (Å²) in [6.45, 7) is 7.32. The number of rotatable bonds is 5. The molecule has 27 heavy (non-hydrogen) atoms. The van der Waals surface area contributed by atoms with Crippen molar-refractivity contribution in [2.45, 2.75) is 57.8 Å². The first-order valence-corrected chi connectivity index (χ1v) is 9.65. The van der Waals surface area contributed by atoms with Crippen molar-refractivity contribution in [1.29, 1.82) is 0 Å². The third kappa shape index (κ3) is 7.59. The topological polar surface area (TPSA) is 53.6 Å². The van der Waals surface area contributed by atoms with Crippen molar-refractivity contribution in [2.75, 3.05) is 26.2 Å². The summed E-state index contributed by atoms with van der Waals surface area (Å²) in [6.07, 6.45) is 5.26. The highest BCUT2D eigenvalue weighted by Gasteiger charge is 2.27. The normalized spacial score (nSPS) is 23.4. The van der Waals surface area contributed by atoms with Crippen molar-refractivity contribution in [3.8, 4) is 0 Å². The maximum atomic E-state index is 12.4. The molecule has 5 nitrogen and oxygen atoms in total. The molecule has 1 amide bonds. The van der Waals surface area contributed by atoms with Crippen molar-refractivity contribution < 1.29 is 9.53 Å². The average molecular weight is 418 g/mol. The summed E-state index contributed by atoms with van der Waals surface area (Å²) in [5, 5.41) is 6.28. The van der Waals surface area contributed by atoms with Gasteiger partial charge in [0.2, 0.25) is 5.91 Å². The lowest BCUT2D eigenvalue weighted by atomic mass is 10.1. The summed E-state index contributed by atoms with van der Waals surface area (Å²) < 4.78 is 5.55. The first-order chi connectivity index (χ1) is 12.2. The fourth-order valence-corrected chi connectivity index (χ4v) is 3.72. The van der Waals surface area contributed by atoms with E-state index in [2.05, 4.69) is 39.8 Å². The van der Waals surface area contributed by atoms with Gasteiger partial charge in [-0.25, -0.2) is 0 Å². The molecule has 2 aliphatic rings. The minimum atomic E-state index is -0.256. The van der Waals surface area contributed by atoms with Crippen LogP contribution in [0.1, 0.15) is 43.7 Å². The van der Waals surface area contributed by atoms with E-state index < -0.39 is 0 Å². The van der Waals surface area contributed by atoms with Gasteiger partial charge in [0.05, 0.1) is 12.7 Å². The molecule has 3 rings (SSSR count). The lowest BCUT2D eigenvalue weighted by Gasteiger charge is -2.29. The second-order valence-electron chi connectivity index (χ2n) is 7.24. The molecule has 0 bridgehead atoms. The van der Waals surface area contributed by atoms with Gasteiger partial charge in [-0.2, -0.15) is 0 Å². The van der Waals surface area contributed by atoms with Crippen LogP contribution in [0.15, 0.2) is 24.3 Å². The van der Waals surface area contributed by atoms with Crippen LogP contribution in [0.3, 0.4) is 0 Å². The Hall–Kier alpha value is -0.850. The summed E-state index contributed by atoms with van der Waals surface area (Å²) in [4.78, 5) is 14.9. The molecule has 0 unspecified atom stereocenters. The van der Waals surface area contributed by atoms with Crippen molar-refractivity contribution in [3.63, 3.8) is 0 Å². The number of morpholine rings is 1. The standard InChI is InChI=1S/C20H31N3O2.2ClH/c1-16-19(21-9-12-25-16)20(24)22-14-17-7-6-8-18(13-17)15-23-10-4-2-3-5-11-23;;/h6-8,13,16,19,21H,2-5,9-12,14-15H2,1H3,(H,22,24);2*1H/t16-,19+;;/m1../s1. The van der Waals surface area contributed by atoms with E-state index in [1.54, 1.807) is 0 Å². The fourth-order valence-electron chi connectivity index (χ4n) is 3.72. The zero-order valence-corrected chi connectivity index (χ0v) is 17.7. The second kappa shape index (κ2) is 12.6. The summed E-state index contributed by atoms with van der Waals surface area (Å²) in [7, 11) is 0. The van der Waals surface area contributed by atoms with Crippen LogP contribution in [-0.2, 0) is 22.6 Å². The van der Waals surface area contributed by atoms with Crippen molar-refractivity contribution in [2.24, 2.45) is 0 Å². The van der Waals surface area contributed by atoms with E-state index in [-0.39, 0.29) is 42.9 Å². The van der Waals surface area contributed by atoms with Gasteiger partial charge in [-0.1, -0.05) is 37.1 Å². The molecule has 2 N–H and O–H groups in total. The third-order valence-electron chi connectivity index (χ3n) is 5.16. The van der Waals surface area contributed by atoms with Gasteiger partial charge in [-0.3, -0.25) is 9.69 Å². The zero-order valence-electron chi connectivity index (χ0n) is 16.1. The monoisotopic (exact) mass is 417 g/mol.